The van der Waals surface area contributed by atoms with Crippen molar-refractivity contribution in [1.82, 2.24) is 9.97 Å². The molecule has 2 aromatic rings. The lowest BCUT2D eigenvalue weighted by Crippen LogP contribution is -2.62. The second-order valence-electron chi connectivity index (χ2n) is 8.59. The van der Waals surface area contributed by atoms with Crippen LogP contribution in [0, 0.1) is 11.6 Å². The van der Waals surface area contributed by atoms with Crippen molar-refractivity contribution >= 4 is 23.4 Å². The van der Waals surface area contributed by atoms with Crippen molar-refractivity contribution in [3.63, 3.8) is 0 Å². The van der Waals surface area contributed by atoms with Gasteiger partial charge in [0.2, 0.25) is 11.9 Å². The molecule has 4 rings (SSSR count). The van der Waals surface area contributed by atoms with Crippen LogP contribution in [0.2, 0.25) is 0 Å². The van der Waals surface area contributed by atoms with Crippen LogP contribution in [-0.2, 0) is 10.7 Å². The largest absolute Gasteiger partial charge is 0.459 e. The number of hydrogen-bond donors (Lipinski definition) is 1. The molecule has 1 aromatic carbocycles. The molecule has 1 atom stereocenters. The molecule has 2 N–H and O–H groups in total. The minimum absolute atomic E-state index is 0.0202. The molecule has 2 aliphatic rings. The van der Waals surface area contributed by atoms with E-state index in [1.165, 1.54) is 15.9 Å². The van der Waals surface area contributed by atoms with Crippen molar-refractivity contribution < 1.29 is 39.9 Å². The first-order valence-electron chi connectivity index (χ1n) is 10.5. The number of piperidine rings is 2. The Hall–Kier alpha value is -3.19. The number of carbonyl (C=O) groups is 1. The van der Waals surface area contributed by atoms with E-state index in [1.807, 2.05) is 0 Å². The third kappa shape index (κ3) is 4.45. The van der Waals surface area contributed by atoms with Gasteiger partial charge in [0.15, 0.2) is 11.6 Å². The number of anilines is 3. The Balaban J connectivity index is 1.63. The van der Waals surface area contributed by atoms with Gasteiger partial charge in [-0.25, -0.2) is 18.2 Å². The van der Waals surface area contributed by atoms with E-state index in [4.69, 9.17) is 5.73 Å². The van der Waals surface area contributed by atoms with Crippen molar-refractivity contribution in [3.05, 3.63) is 41.6 Å². The first kappa shape index (κ1) is 24.9. The Labute approximate surface area is 193 Å². The molecule has 3 heterocycles. The van der Waals surface area contributed by atoms with E-state index >= 15 is 0 Å². The summed E-state index contributed by atoms with van der Waals surface area (Å²) in [6.45, 7) is -0.0404. The molecule has 6 nitrogen and oxygen atoms in total. The highest BCUT2D eigenvalue weighted by molar-refractivity contribution is 5.96. The van der Waals surface area contributed by atoms with Crippen LogP contribution in [0.1, 0.15) is 31.4 Å². The number of benzene rings is 1. The second-order valence-corrected chi connectivity index (χ2v) is 8.59. The average Bonchev–Trinajstić information content (AvgIpc) is 2.75. The van der Waals surface area contributed by atoms with E-state index in [9.17, 15) is 39.9 Å². The highest BCUT2D eigenvalue weighted by Crippen LogP contribution is 2.45. The van der Waals surface area contributed by atoms with Crippen molar-refractivity contribution in [3.8, 4) is 0 Å². The van der Waals surface area contributed by atoms with Gasteiger partial charge in [0.1, 0.15) is 17.7 Å². The number of rotatable bonds is 3. The zero-order valence-corrected chi connectivity index (χ0v) is 17.9. The fourth-order valence-electron chi connectivity index (χ4n) is 4.66. The van der Waals surface area contributed by atoms with E-state index in [2.05, 4.69) is 9.97 Å². The quantitative estimate of drug-likeness (QED) is 0.618. The summed E-state index contributed by atoms with van der Waals surface area (Å²) in [7, 11) is 0. The third-order valence-corrected chi connectivity index (χ3v) is 6.31. The van der Waals surface area contributed by atoms with Gasteiger partial charge < -0.3 is 15.5 Å². The molecule has 35 heavy (non-hydrogen) atoms. The molecule has 0 radical (unpaired) electrons. The lowest BCUT2D eigenvalue weighted by atomic mass is 9.77. The summed E-state index contributed by atoms with van der Waals surface area (Å²) in [4.78, 5) is 22.1. The number of halogens is 8. The van der Waals surface area contributed by atoms with Gasteiger partial charge in [0.25, 0.3) is 0 Å². The van der Waals surface area contributed by atoms with Gasteiger partial charge in [-0.2, -0.15) is 26.9 Å². The van der Waals surface area contributed by atoms with Gasteiger partial charge in [-0.05, 0) is 25.0 Å². The Bertz CT molecular complexity index is 1130. The maximum atomic E-state index is 14.4. The fraction of sp³-hybridized carbons (Fsp3) is 0.476. The summed E-state index contributed by atoms with van der Waals surface area (Å²) < 4.78 is 108. The summed E-state index contributed by atoms with van der Waals surface area (Å²) >= 11 is 0. The van der Waals surface area contributed by atoms with E-state index < -0.39 is 59.4 Å². The summed E-state index contributed by atoms with van der Waals surface area (Å²) in [5.41, 5.74) is 2.66. The molecule has 1 amide bonds. The predicted octanol–water partition coefficient (Wildman–Crippen LogP) is 4.50. The van der Waals surface area contributed by atoms with E-state index in [0.717, 1.165) is 12.1 Å². The van der Waals surface area contributed by atoms with Crippen LogP contribution in [0.25, 0.3) is 0 Å². The third-order valence-electron chi connectivity index (χ3n) is 6.31. The SMILES string of the molecule is Nc1nc(N2CCC3(CC2)C[C@@H](F)CC(=O)N3c2ccc(F)c(F)c2)cc(C(F)(F)C(F)(F)F)n1. The summed E-state index contributed by atoms with van der Waals surface area (Å²) in [6.07, 6.45) is -7.87. The second kappa shape index (κ2) is 8.48. The predicted molar refractivity (Wildman–Crippen MR) is 109 cm³/mol. The topological polar surface area (TPSA) is 75.3 Å². The Morgan fingerprint density at radius 2 is 1.66 bits per heavy atom. The van der Waals surface area contributed by atoms with Crippen LogP contribution < -0.4 is 15.5 Å². The molecular weight excluding hydrogens is 490 g/mol. The molecule has 2 fully saturated rings. The van der Waals surface area contributed by atoms with Gasteiger partial charge in [-0.15, -0.1) is 0 Å². The monoisotopic (exact) mass is 509 g/mol. The zero-order valence-electron chi connectivity index (χ0n) is 17.9. The first-order chi connectivity index (χ1) is 16.2. The van der Waals surface area contributed by atoms with Gasteiger partial charge in [-0.3, -0.25) is 4.79 Å². The van der Waals surface area contributed by atoms with Crippen molar-refractivity contribution in [1.29, 1.82) is 0 Å². The van der Waals surface area contributed by atoms with Crippen molar-refractivity contribution in [2.45, 2.75) is 49.5 Å². The normalized spacial score (nSPS) is 21.0. The molecule has 0 saturated carbocycles. The van der Waals surface area contributed by atoms with Gasteiger partial charge in [0, 0.05) is 37.3 Å². The summed E-state index contributed by atoms with van der Waals surface area (Å²) in [5.74, 6) is -9.30. The highest BCUT2D eigenvalue weighted by Gasteiger charge is 2.60. The maximum absolute atomic E-state index is 14.4. The molecule has 0 aliphatic carbocycles. The van der Waals surface area contributed by atoms with E-state index in [0.29, 0.717) is 6.07 Å². The number of nitrogens with two attached hydrogens (primary N) is 1. The van der Waals surface area contributed by atoms with Crippen LogP contribution in [0.5, 0.6) is 0 Å². The number of nitrogens with zero attached hydrogens (tertiary/aromatic N) is 4. The minimum atomic E-state index is -5.90. The molecule has 1 spiro atoms. The molecule has 0 unspecified atom stereocenters. The number of alkyl halides is 6. The Morgan fingerprint density at radius 3 is 2.26 bits per heavy atom. The lowest BCUT2D eigenvalue weighted by Gasteiger charge is -2.52. The van der Waals surface area contributed by atoms with Gasteiger partial charge >= 0.3 is 12.1 Å². The highest BCUT2D eigenvalue weighted by atomic mass is 19.4. The summed E-state index contributed by atoms with van der Waals surface area (Å²) in [6, 6.07) is 3.35. The molecule has 1 aromatic heterocycles. The smallest absolute Gasteiger partial charge is 0.368 e. The summed E-state index contributed by atoms with van der Waals surface area (Å²) in [5, 5.41) is 0. The van der Waals surface area contributed by atoms with E-state index in [-0.39, 0.29) is 43.9 Å². The number of amides is 1. The molecule has 14 heteroatoms. The maximum Gasteiger partial charge on any atom is 0.459 e. The van der Waals surface area contributed by atoms with Gasteiger partial charge in [0.05, 0.1) is 12.0 Å². The number of aromatic nitrogens is 2. The molecule has 0 bridgehead atoms. The van der Waals surface area contributed by atoms with Crippen molar-refractivity contribution in [2.75, 3.05) is 28.6 Å². The molecule has 2 aliphatic heterocycles. The number of carbonyl (C=O) groups excluding carboxylic acids is 1. The van der Waals surface area contributed by atoms with Crippen LogP contribution >= 0.6 is 0 Å². The van der Waals surface area contributed by atoms with Crippen molar-refractivity contribution in [2.24, 2.45) is 0 Å². The average molecular weight is 509 g/mol. The zero-order chi connectivity index (χ0) is 25.8. The van der Waals surface area contributed by atoms with Gasteiger partial charge in [-0.1, -0.05) is 0 Å². The lowest BCUT2D eigenvalue weighted by molar-refractivity contribution is -0.290. The van der Waals surface area contributed by atoms with Crippen LogP contribution in [-0.4, -0.2) is 46.9 Å². The number of hydrogen-bond acceptors (Lipinski definition) is 5. The standard InChI is InChI=1S/C21H19F8N5O/c22-11-7-17(35)34(12-1-2-13(23)14(24)8-12)19(10-11)3-5-33(6-4-19)16-9-15(31-18(30)32-16)20(25,26)21(27,28)29/h1-2,8-9,11H,3-7,10H2,(H2,30,31,32)/t11-/m0/s1. The first-order valence-corrected chi connectivity index (χ1v) is 10.5. The molecule has 190 valence electrons. The Kier molecular flexibility index (Phi) is 6.04. The van der Waals surface area contributed by atoms with E-state index in [1.54, 1.807) is 0 Å². The number of nitrogen functional groups attached to an aromatic ring is 1. The molecular formula is C21H19F8N5O. The fourth-order valence-corrected chi connectivity index (χ4v) is 4.66. The minimum Gasteiger partial charge on any atom is -0.368 e. The Morgan fingerprint density at radius 1 is 1.00 bits per heavy atom. The van der Waals surface area contributed by atoms with Crippen LogP contribution in [0.15, 0.2) is 24.3 Å². The molecule has 2 saturated heterocycles. The van der Waals surface area contributed by atoms with Crippen LogP contribution in [0.4, 0.5) is 52.6 Å². The van der Waals surface area contributed by atoms with Crippen LogP contribution in [0.3, 0.4) is 0 Å².